The van der Waals surface area contributed by atoms with E-state index in [0.29, 0.717) is 33.9 Å². The van der Waals surface area contributed by atoms with Crippen LogP contribution in [0.5, 0.6) is 5.75 Å². The van der Waals surface area contributed by atoms with Gasteiger partial charge in [-0.2, -0.15) is 4.98 Å². The highest BCUT2D eigenvalue weighted by Crippen LogP contribution is 2.40. The van der Waals surface area contributed by atoms with E-state index in [1.54, 1.807) is 31.2 Å². The molecule has 0 saturated heterocycles. The van der Waals surface area contributed by atoms with Crippen LogP contribution in [0.1, 0.15) is 41.6 Å². The van der Waals surface area contributed by atoms with Crippen molar-refractivity contribution in [3.05, 3.63) is 58.2 Å². The number of ether oxygens (including phenoxy) is 1. The molecule has 0 radical (unpaired) electrons. The highest BCUT2D eigenvalue weighted by molar-refractivity contribution is 7.92. The van der Waals surface area contributed by atoms with Crippen molar-refractivity contribution in [1.82, 2.24) is 10.1 Å². The van der Waals surface area contributed by atoms with Crippen molar-refractivity contribution in [1.29, 1.82) is 0 Å². The van der Waals surface area contributed by atoms with Gasteiger partial charge >= 0.3 is 0 Å². The van der Waals surface area contributed by atoms with E-state index in [0.717, 1.165) is 18.4 Å². The molecule has 33 heavy (non-hydrogen) atoms. The fraction of sp³-hybridized carbons (Fsp3) is 0.318. The fourth-order valence-corrected chi connectivity index (χ4v) is 5.33. The molecular formula is C22H21ClN4O5S. The van der Waals surface area contributed by atoms with E-state index in [-0.39, 0.29) is 35.4 Å². The molecule has 1 N–H and O–H groups in total. The average Bonchev–Trinajstić information content (AvgIpc) is 3.50. The van der Waals surface area contributed by atoms with Gasteiger partial charge in [-0.1, -0.05) is 22.8 Å². The highest BCUT2D eigenvalue weighted by atomic mass is 35.5. The number of amides is 1. The first kappa shape index (κ1) is 21.7. The van der Waals surface area contributed by atoms with Crippen LogP contribution in [0.25, 0.3) is 0 Å². The lowest BCUT2D eigenvalue weighted by molar-refractivity contribution is -0.121. The van der Waals surface area contributed by atoms with E-state index in [1.165, 1.54) is 11.0 Å². The number of nitrogens with one attached hydrogen (secondary N) is 1. The largest absolute Gasteiger partial charge is 0.482 e. The van der Waals surface area contributed by atoms with E-state index in [2.05, 4.69) is 14.9 Å². The lowest BCUT2D eigenvalue weighted by atomic mass is 10.1. The molecular weight excluding hydrogens is 468 g/mol. The third-order valence-electron chi connectivity index (χ3n) is 5.57. The smallest absolute Gasteiger partial charge is 0.265 e. The third-order valence-corrected chi connectivity index (χ3v) is 7.39. The van der Waals surface area contributed by atoms with Gasteiger partial charge in [-0.15, -0.1) is 0 Å². The monoisotopic (exact) mass is 488 g/mol. The van der Waals surface area contributed by atoms with Crippen LogP contribution in [0.2, 0.25) is 5.02 Å². The molecule has 2 aliphatic rings. The van der Waals surface area contributed by atoms with E-state index < -0.39 is 10.0 Å². The van der Waals surface area contributed by atoms with Crippen molar-refractivity contribution in [2.75, 3.05) is 16.2 Å². The van der Waals surface area contributed by atoms with E-state index >= 15 is 0 Å². The van der Waals surface area contributed by atoms with Crippen LogP contribution < -0.4 is 14.4 Å². The maximum Gasteiger partial charge on any atom is 0.265 e. The van der Waals surface area contributed by atoms with E-state index in [1.807, 2.05) is 6.92 Å². The minimum absolute atomic E-state index is 0.0303. The molecule has 5 rings (SSSR count). The number of fused-ring (bicyclic) bond motifs is 1. The molecule has 3 aromatic rings. The van der Waals surface area contributed by atoms with Gasteiger partial charge in [-0.3, -0.25) is 14.4 Å². The number of rotatable bonds is 6. The number of anilines is 2. The predicted octanol–water partition coefficient (Wildman–Crippen LogP) is 3.94. The van der Waals surface area contributed by atoms with Crippen LogP contribution in [0.15, 0.2) is 39.8 Å². The van der Waals surface area contributed by atoms with Gasteiger partial charge in [0.05, 0.1) is 27.8 Å². The van der Waals surface area contributed by atoms with Crippen molar-refractivity contribution in [2.45, 2.75) is 44.0 Å². The topological polar surface area (TPSA) is 115 Å². The molecule has 0 spiro atoms. The van der Waals surface area contributed by atoms with Gasteiger partial charge in [-0.25, -0.2) is 8.42 Å². The molecule has 11 heteroatoms. The van der Waals surface area contributed by atoms with Gasteiger partial charge in [0.1, 0.15) is 5.75 Å². The normalized spacial score (nSPS) is 15.8. The minimum atomic E-state index is -3.96. The van der Waals surface area contributed by atoms with Crippen LogP contribution in [-0.4, -0.2) is 31.1 Å². The third kappa shape index (κ3) is 4.28. The minimum Gasteiger partial charge on any atom is -0.482 e. The highest BCUT2D eigenvalue weighted by Gasteiger charge is 2.33. The Morgan fingerprint density at radius 2 is 2.00 bits per heavy atom. The molecule has 0 bridgehead atoms. The Hall–Kier alpha value is -3.11. The molecule has 1 aromatic heterocycles. The zero-order valence-corrected chi connectivity index (χ0v) is 19.5. The number of nitrogens with zero attached hydrogens (tertiary/aromatic N) is 3. The van der Waals surface area contributed by atoms with Crippen LogP contribution in [0.4, 0.5) is 11.4 Å². The SMILES string of the molecule is Cc1ccc(NS(=O)(=O)c2cc3c(cc2C)N(Cc2noc(C4CC4)n2)C(=O)CO3)c(Cl)c1. The number of hydrogen-bond acceptors (Lipinski definition) is 7. The van der Waals surface area contributed by atoms with Gasteiger partial charge < -0.3 is 9.26 Å². The second kappa shape index (κ2) is 8.03. The molecule has 172 valence electrons. The Kier molecular flexibility index (Phi) is 5.29. The van der Waals surface area contributed by atoms with Crippen molar-refractivity contribution >= 4 is 38.9 Å². The summed E-state index contributed by atoms with van der Waals surface area (Å²) in [5, 5.41) is 4.28. The molecule has 1 aliphatic heterocycles. The number of carbonyl (C=O) groups is 1. The lowest BCUT2D eigenvalue weighted by Gasteiger charge is -2.29. The van der Waals surface area contributed by atoms with Gasteiger partial charge in [0.2, 0.25) is 5.89 Å². The molecule has 1 aliphatic carbocycles. The summed E-state index contributed by atoms with van der Waals surface area (Å²) in [7, 11) is -3.96. The summed E-state index contributed by atoms with van der Waals surface area (Å²) < 4.78 is 39.6. The summed E-state index contributed by atoms with van der Waals surface area (Å²) >= 11 is 6.20. The lowest BCUT2D eigenvalue weighted by Crippen LogP contribution is -2.38. The van der Waals surface area contributed by atoms with Crippen LogP contribution >= 0.6 is 11.6 Å². The van der Waals surface area contributed by atoms with Gasteiger partial charge in [0.25, 0.3) is 15.9 Å². The number of aryl methyl sites for hydroxylation is 2. The Bertz CT molecular complexity index is 1370. The molecule has 1 amide bonds. The van der Waals surface area contributed by atoms with E-state index in [4.69, 9.17) is 20.9 Å². The molecule has 1 fully saturated rings. The van der Waals surface area contributed by atoms with Gasteiger partial charge in [0.15, 0.2) is 12.4 Å². The zero-order valence-electron chi connectivity index (χ0n) is 18.0. The average molecular weight is 489 g/mol. The molecule has 0 atom stereocenters. The quantitative estimate of drug-likeness (QED) is 0.558. The Balaban J connectivity index is 1.45. The maximum absolute atomic E-state index is 13.1. The second-order valence-corrected chi connectivity index (χ2v) is 10.3. The molecule has 0 unspecified atom stereocenters. The number of benzene rings is 2. The second-order valence-electron chi connectivity index (χ2n) is 8.27. The number of hydrogen-bond donors (Lipinski definition) is 1. The summed E-state index contributed by atoms with van der Waals surface area (Å²) in [6.45, 7) is 3.40. The number of halogens is 1. The Morgan fingerprint density at radius 3 is 2.73 bits per heavy atom. The van der Waals surface area contributed by atoms with Crippen molar-refractivity contribution in [2.24, 2.45) is 0 Å². The van der Waals surface area contributed by atoms with Gasteiger partial charge in [0, 0.05) is 12.0 Å². The maximum atomic E-state index is 13.1. The fourth-order valence-electron chi connectivity index (χ4n) is 3.67. The summed E-state index contributed by atoms with van der Waals surface area (Å²) in [6.07, 6.45) is 2.05. The Labute approximate surface area is 195 Å². The summed E-state index contributed by atoms with van der Waals surface area (Å²) in [4.78, 5) is 18.5. The van der Waals surface area contributed by atoms with Crippen molar-refractivity contribution < 1.29 is 22.5 Å². The van der Waals surface area contributed by atoms with Crippen LogP contribution in [-0.2, 0) is 21.4 Å². The van der Waals surface area contributed by atoms with Crippen LogP contribution in [0.3, 0.4) is 0 Å². The zero-order chi connectivity index (χ0) is 23.3. The predicted molar refractivity (Wildman–Crippen MR) is 121 cm³/mol. The number of carbonyl (C=O) groups excluding carboxylic acids is 1. The standard InChI is InChI=1S/C22H21ClN4O5S/c1-12-3-6-16(15(23)7-12)26-33(29,30)19-9-18-17(8-13(19)2)27(21(28)11-31-18)10-20-24-22(32-25-20)14-4-5-14/h3,6-9,14,26H,4-5,10-11H2,1-2H3. The molecule has 2 heterocycles. The first-order valence-corrected chi connectivity index (χ1v) is 12.3. The first-order chi connectivity index (χ1) is 15.7. The molecule has 2 aromatic carbocycles. The summed E-state index contributed by atoms with van der Waals surface area (Å²) in [5.41, 5.74) is 2.09. The number of aromatic nitrogens is 2. The summed E-state index contributed by atoms with van der Waals surface area (Å²) in [5.74, 6) is 1.29. The number of sulfonamides is 1. The van der Waals surface area contributed by atoms with Gasteiger partial charge in [-0.05, 0) is 56.0 Å². The summed E-state index contributed by atoms with van der Waals surface area (Å²) in [6, 6.07) is 8.08. The van der Waals surface area contributed by atoms with E-state index in [9.17, 15) is 13.2 Å². The van der Waals surface area contributed by atoms with Crippen molar-refractivity contribution in [3.63, 3.8) is 0 Å². The first-order valence-electron chi connectivity index (χ1n) is 10.4. The molecule has 1 saturated carbocycles. The molecule has 9 nitrogen and oxygen atoms in total. The van der Waals surface area contributed by atoms with Crippen LogP contribution in [0, 0.1) is 13.8 Å². The Morgan fingerprint density at radius 1 is 1.21 bits per heavy atom. The van der Waals surface area contributed by atoms with Crippen molar-refractivity contribution in [3.8, 4) is 5.75 Å².